The van der Waals surface area contributed by atoms with Crippen molar-refractivity contribution < 1.29 is 0 Å². The molecule has 4 nitrogen and oxygen atoms in total. The smallest absolute Gasteiger partial charge is 0.252 e. The minimum absolute atomic E-state index is 0.0402. The molecule has 0 saturated carbocycles. The van der Waals surface area contributed by atoms with E-state index in [4.69, 9.17) is 0 Å². The van der Waals surface area contributed by atoms with Crippen molar-refractivity contribution in [3.63, 3.8) is 0 Å². The highest BCUT2D eigenvalue weighted by Gasteiger charge is 2.45. The molecule has 0 atom stereocenters. The molecule has 0 saturated heterocycles. The Morgan fingerprint density at radius 1 is 0.202 bits per heavy atom. The highest BCUT2D eigenvalue weighted by Crippen LogP contribution is 2.51. The van der Waals surface area contributed by atoms with Gasteiger partial charge in [-0.3, -0.25) is 0 Å². The van der Waals surface area contributed by atoms with Crippen LogP contribution in [-0.4, -0.2) is 15.8 Å². The number of fused-ring (bicyclic) bond motifs is 22. The fourth-order valence-corrected chi connectivity index (χ4v) is 18.7. The third-order valence-corrected chi connectivity index (χ3v) is 24.6. The van der Waals surface area contributed by atoms with E-state index in [0.29, 0.717) is 0 Å². The normalized spacial score (nSPS) is 13.6. The summed E-state index contributed by atoms with van der Waals surface area (Å²) in [4.78, 5) is 5.34. The first-order valence-electron chi connectivity index (χ1n) is 39.2. The van der Waals surface area contributed by atoms with E-state index in [2.05, 4.69) is 402 Å². The van der Waals surface area contributed by atoms with Crippen molar-refractivity contribution in [3.8, 4) is 22.5 Å². The monoisotopic (exact) mass is 1410 g/mol. The Bertz CT molecular complexity index is 6340. The molecule has 0 aliphatic carbocycles. The molecule has 2 aliphatic rings. The fraction of sp³-hybridized carbons (Fsp3) is 0.192. The molecular formula is C104H91BN4. The van der Waals surface area contributed by atoms with Crippen molar-refractivity contribution in [2.45, 2.75) is 131 Å². The second-order valence-corrected chi connectivity index (χ2v) is 36.6. The van der Waals surface area contributed by atoms with Gasteiger partial charge in [0, 0.05) is 67.0 Å². The molecule has 0 N–H and O–H groups in total. The second kappa shape index (κ2) is 23.4. The van der Waals surface area contributed by atoms with Crippen LogP contribution < -0.4 is 26.2 Å². The van der Waals surface area contributed by atoms with Crippen molar-refractivity contribution >= 4 is 165 Å². The summed E-state index contributed by atoms with van der Waals surface area (Å²) in [6.07, 6.45) is 0. The summed E-state index contributed by atoms with van der Waals surface area (Å²) in [6.45, 7) is 34.8. The summed E-state index contributed by atoms with van der Waals surface area (Å²) in [7, 11) is 0. The Balaban J connectivity index is 0.925. The number of aromatic nitrogens is 2. The van der Waals surface area contributed by atoms with Crippen molar-refractivity contribution in [1.29, 1.82) is 0 Å². The first kappa shape index (κ1) is 66.8. The lowest BCUT2D eigenvalue weighted by Crippen LogP contribution is -2.61. The van der Waals surface area contributed by atoms with Gasteiger partial charge in [0.2, 0.25) is 0 Å². The fourth-order valence-electron chi connectivity index (χ4n) is 18.7. The Hall–Kier alpha value is -11.7. The van der Waals surface area contributed by atoms with Gasteiger partial charge >= 0.3 is 0 Å². The van der Waals surface area contributed by atoms with Gasteiger partial charge in [-0.25, -0.2) is 0 Å². The van der Waals surface area contributed by atoms with Crippen molar-refractivity contribution in [2.75, 3.05) is 9.80 Å². The van der Waals surface area contributed by atoms with Gasteiger partial charge in [0.25, 0.3) is 6.71 Å². The van der Waals surface area contributed by atoms with E-state index in [1.807, 2.05) is 0 Å². The Morgan fingerprint density at radius 3 is 0.780 bits per heavy atom. The zero-order valence-corrected chi connectivity index (χ0v) is 65.4. The molecular weight excluding hydrogens is 1320 g/mol. The third-order valence-electron chi connectivity index (χ3n) is 24.6. The molecule has 0 spiro atoms. The van der Waals surface area contributed by atoms with E-state index in [-0.39, 0.29) is 33.8 Å². The van der Waals surface area contributed by atoms with Crippen LogP contribution in [0.3, 0.4) is 0 Å². The molecule has 0 radical (unpaired) electrons. The predicted octanol–water partition coefficient (Wildman–Crippen LogP) is 27.0. The van der Waals surface area contributed by atoms with Crippen LogP contribution in [0.1, 0.15) is 132 Å². The molecule has 18 aromatic rings. The average Bonchev–Trinajstić information content (AvgIpc) is 1.12. The van der Waals surface area contributed by atoms with Crippen LogP contribution in [0.25, 0.3) is 131 Å². The summed E-state index contributed by atoms with van der Waals surface area (Å²) in [5, 5.41) is 20.1. The highest BCUT2D eigenvalue weighted by molar-refractivity contribution is 7.00. The lowest BCUT2D eigenvalue weighted by Gasteiger charge is -2.45. The number of rotatable bonds is 5. The quantitative estimate of drug-likeness (QED) is 0.126. The van der Waals surface area contributed by atoms with E-state index in [1.165, 1.54) is 158 Å². The number of anilines is 6. The van der Waals surface area contributed by atoms with Gasteiger partial charge in [-0.1, -0.05) is 274 Å². The van der Waals surface area contributed by atoms with Gasteiger partial charge < -0.3 is 18.9 Å². The first-order chi connectivity index (χ1) is 52.2. The Labute approximate surface area is 640 Å². The second-order valence-electron chi connectivity index (χ2n) is 36.6. The van der Waals surface area contributed by atoms with Crippen molar-refractivity contribution in [1.82, 2.24) is 9.13 Å². The minimum atomic E-state index is -0.206. The van der Waals surface area contributed by atoms with E-state index in [0.717, 1.165) is 51.1 Å². The largest absolute Gasteiger partial charge is 0.311 e. The topological polar surface area (TPSA) is 16.3 Å². The third kappa shape index (κ3) is 10.3. The summed E-state index contributed by atoms with van der Waals surface area (Å²) in [5.41, 5.74) is 26.3. The summed E-state index contributed by atoms with van der Waals surface area (Å²) in [6, 6.07) is 109. The van der Waals surface area contributed by atoms with Crippen LogP contribution in [0, 0.1) is 0 Å². The maximum absolute atomic E-state index is 2.67. The highest BCUT2D eigenvalue weighted by atomic mass is 15.2. The molecule has 0 amide bonds. The summed E-state index contributed by atoms with van der Waals surface area (Å²) >= 11 is 0. The molecule has 530 valence electrons. The van der Waals surface area contributed by atoms with Gasteiger partial charge in [0.1, 0.15) is 0 Å². The number of hydrogen-bond donors (Lipinski definition) is 0. The van der Waals surface area contributed by atoms with E-state index in [9.17, 15) is 0 Å². The van der Waals surface area contributed by atoms with Crippen LogP contribution in [0.15, 0.2) is 279 Å². The predicted molar refractivity (Wildman–Crippen MR) is 473 cm³/mol. The lowest BCUT2D eigenvalue weighted by molar-refractivity contribution is 0.590. The standard InChI is InChI=1S/C104H91BN4/c1-100(2,3)64-34-32-62(33-35-64)63-52-97-99-98(53-63)109(70-41-45-82-78-29-19-17-25-74(78)76-27-21-23-31-80(76)84(82)59-70)96-61-72(107-93-50-38-67(103(10,11)12)56-87(93)88-57-68(104(13,14)15)39-51-94(88)107)43-47-90(96)105(99)89-46-42-71(106-91-48-36-65(101(4,5)6)54-85(91)86-55-66(102(7,8)9)37-49-92(86)106)60-95(89)108(97)69-40-44-81-77-28-18-16-24-73(77)75-26-20-22-30-79(75)83(81)58-69/h16-61H,1-15H3. The molecule has 2 aliphatic heterocycles. The number of benzene rings is 16. The molecule has 4 heterocycles. The van der Waals surface area contributed by atoms with Gasteiger partial charge in [-0.2, -0.15) is 0 Å². The molecule has 0 unspecified atom stereocenters. The van der Waals surface area contributed by atoms with Crippen molar-refractivity contribution in [3.05, 3.63) is 307 Å². The zero-order valence-electron chi connectivity index (χ0n) is 65.4. The zero-order chi connectivity index (χ0) is 74.9. The molecule has 0 fully saturated rings. The Kier molecular flexibility index (Phi) is 14.3. The molecule has 0 bridgehead atoms. The van der Waals surface area contributed by atoms with Crippen molar-refractivity contribution in [2.24, 2.45) is 0 Å². The van der Waals surface area contributed by atoms with Crippen LogP contribution >= 0.6 is 0 Å². The summed E-state index contributed by atoms with van der Waals surface area (Å²) < 4.78 is 5.12. The number of nitrogens with zero attached hydrogens (tertiary/aromatic N) is 4. The maximum atomic E-state index is 2.67. The van der Waals surface area contributed by atoms with E-state index < -0.39 is 0 Å². The molecule has 109 heavy (non-hydrogen) atoms. The molecule has 2 aromatic heterocycles. The summed E-state index contributed by atoms with van der Waals surface area (Å²) in [5.74, 6) is 0. The number of hydrogen-bond acceptors (Lipinski definition) is 2. The van der Waals surface area contributed by atoms with Crippen LogP contribution in [0.5, 0.6) is 0 Å². The van der Waals surface area contributed by atoms with Gasteiger partial charge in [0.15, 0.2) is 0 Å². The van der Waals surface area contributed by atoms with Gasteiger partial charge in [-0.15, -0.1) is 0 Å². The van der Waals surface area contributed by atoms with Gasteiger partial charge in [-0.05, 0) is 256 Å². The first-order valence-corrected chi connectivity index (χ1v) is 39.2. The lowest BCUT2D eigenvalue weighted by atomic mass is 9.33. The van der Waals surface area contributed by atoms with Crippen LogP contribution in [0.4, 0.5) is 34.1 Å². The molecule has 20 rings (SSSR count). The van der Waals surface area contributed by atoms with E-state index in [1.54, 1.807) is 0 Å². The molecule has 16 aromatic carbocycles. The SMILES string of the molecule is CC(C)(C)c1ccc(-c2cc3c4c(c2)N(c2ccc5c6ccccc6c6ccccc6c5c2)c2cc(-n5c6ccc(C(C)(C)C)cc6c6cc(C(C)(C)C)ccc65)ccc2B4c2ccc(-n4c5ccc(C(C)(C)C)cc5c5cc(C(C)(C)C)ccc54)cc2N3c2ccc3c4ccccc4c4ccccc4c3c2)cc1. The maximum Gasteiger partial charge on any atom is 0.252 e. The van der Waals surface area contributed by atoms with Crippen LogP contribution in [-0.2, 0) is 27.1 Å². The van der Waals surface area contributed by atoms with Crippen LogP contribution in [0.2, 0.25) is 0 Å². The molecule has 5 heteroatoms. The van der Waals surface area contributed by atoms with E-state index >= 15 is 0 Å². The average molecular weight is 1410 g/mol. The van der Waals surface area contributed by atoms with Gasteiger partial charge in [0.05, 0.1) is 22.1 Å². The Morgan fingerprint density at radius 2 is 0.477 bits per heavy atom. The minimum Gasteiger partial charge on any atom is -0.311 e.